The maximum Gasteiger partial charge on any atom is 0.350 e. The molecule has 0 saturated heterocycles. The monoisotopic (exact) mass is 261 g/mol. The van der Waals surface area contributed by atoms with Crippen molar-refractivity contribution in [3.63, 3.8) is 0 Å². The third-order valence-corrected chi connectivity index (χ3v) is 3.63. The van der Waals surface area contributed by atoms with Crippen molar-refractivity contribution in [2.45, 2.75) is 13.8 Å². The van der Waals surface area contributed by atoms with E-state index in [2.05, 4.69) is 0 Å². The number of carbonyl (C=O) groups excluding carboxylic acids is 1. The first-order valence-electron chi connectivity index (χ1n) is 5.74. The molecule has 0 aliphatic heterocycles. The van der Waals surface area contributed by atoms with Gasteiger partial charge in [-0.25, -0.2) is 4.79 Å². The van der Waals surface area contributed by atoms with Crippen molar-refractivity contribution in [1.29, 1.82) is 0 Å². The Balaban J connectivity index is 2.36. The molecule has 1 aromatic carbocycles. The lowest BCUT2D eigenvalue weighted by Gasteiger charge is -2.03. The summed E-state index contributed by atoms with van der Waals surface area (Å²) in [6, 6.07) is 8.05. The number of nitrogens with two attached hydrogens (primary N) is 1. The molecule has 0 aliphatic rings. The van der Waals surface area contributed by atoms with Gasteiger partial charge in [0.2, 0.25) is 0 Å². The average Bonchev–Trinajstić information content (AvgIpc) is 2.73. The van der Waals surface area contributed by atoms with Crippen LogP contribution in [0.4, 0.5) is 5.69 Å². The van der Waals surface area contributed by atoms with Gasteiger partial charge in [-0.1, -0.05) is 29.8 Å². The lowest BCUT2D eigenvalue weighted by molar-refractivity contribution is 0.0533. The summed E-state index contributed by atoms with van der Waals surface area (Å²) in [5.74, 6) is -0.349. The summed E-state index contributed by atoms with van der Waals surface area (Å²) in [5.41, 5.74) is 9.62. The molecule has 2 aromatic rings. The molecule has 0 fully saturated rings. The third kappa shape index (κ3) is 2.38. The Morgan fingerprint density at radius 3 is 2.61 bits per heavy atom. The van der Waals surface area contributed by atoms with Crippen molar-refractivity contribution >= 4 is 23.0 Å². The number of aryl methyl sites for hydroxylation is 1. The second-order valence-corrected chi connectivity index (χ2v) is 4.86. The van der Waals surface area contributed by atoms with Crippen molar-refractivity contribution in [3.8, 4) is 11.1 Å². The first-order chi connectivity index (χ1) is 8.63. The first kappa shape index (κ1) is 12.6. The molecule has 0 aliphatic carbocycles. The Morgan fingerprint density at radius 2 is 2.00 bits per heavy atom. The molecule has 0 spiro atoms. The Kier molecular flexibility index (Phi) is 3.67. The molecule has 1 heterocycles. The van der Waals surface area contributed by atoms with Crippen LogP contribution in [-0.4, -0.2) is 12.6 Å². The lowest BCUT2D eigenvalue weighted by atomic mass is 10.1. The van der Waals surface area contributed by atoms with E-state index in [0.717, 1.165) is 11.1 Å². The van der Waals surface area contributed by atoms with E-state index in [9.17, 15) is 4.79 Å². The second-order valence-electron chi connectivity index (χ2n) is 3.98. The molecule has 0 radical (unpaired) electrons. The van der Waals surface area contributed by atoms with Crippen LogP contribution >= 0.6 is 11.3 Å². The van der Waals surface area contributed by atoms with Crippen molar-refractivity contribution < 1.29 is 9.53 Å². The van der Waals surface area contributed by atoms with E-state index in [1.165, 1.54) is 16.9 Å². The van der Waals surface area contributed by atoms with Crippen LogP contribution in [0.25, 0.3) is 11.1 Å². The summed E-state index contributed by atoms with van der Waals surface area (Å²) in [5, 5.41) is 1.90. The number of thiophene rings is 1. The maximum absolute atomic E-state index is 11.7. The van der Waals surface area contributed by atoms with Gasteiger partial charge >= 0.3 is 5.97 Å². The summed E-state index contributed by atoms with van der Waals surface area (Å²) in [7, 11) is 0. The molecule has 1 aromatic heterocycles. The van der Waals surface area contributed by atoms with Crippen molar-refractivity contribution in [2.24, 2.45) is 0 Å². The molecule has 18 heavy (non-hydrogen) atoms. The highest BCUT2D eigenvalue weighted by Crippen LogP contribution is 2.34. The highest BCUT2D eigenvalue weighted by Gasteiger charge is 2.17. The lowest BCUT2D eigenvalue weighted by Crippen LogP contribution is -2.05. The number of carbonyl (C=O) groups is 1. The number of esters is 1. The quantitative estimate of drug-likeness (QED) is 0.860. The Morgan fingerprint density at radius 1 is 1.33 bits per heavy atom. The summed E-state index contributed by atoms with van der Waals surface area (Å²) in [4.78, 5) is 12.2. The predicted octanol–water partition coefficient (Wildman–Crippen LogP) is 3.48. The smallest absolute Gasteiger partial charge is 0.350 e. The van der Waals surface area contributed by atoms with Gasteiger partial charge in [0.15, 0.2) is 0 Å². The van der Waals surface area contributed by atoms with Crippen LogP contribution in [0, 0.1) is 6.92 Å². The SMILES string of the molecule is CCOC(=O)c1scc(-c2ccc(C)cc2)c1N. The number of hydrogen-bond donors (Lipinski definition) is 1. The van der Waals surface area contributed by atoms with Crippen LogP contribution in [0.5, 0.6) is 0 Å². The van der Waals surface area contributed by atoms with E-state index in [1.54, 1.807) is 6.92 Å². The van der Waals surface area contributed by atoms with E-state index in [-0.39, 0.29) is 5.97 Å². The molecule has 0 unspecified atom stereocenters. The van der Waals surface area contributed by atoms with Gasteiger partial charge in [0, 0.05) is 10.9 Å². The Hall–Kier alpha value is -1.81. The van der Waals surface area contributed by atoms with Crippen LogP contribution in [-0.2, 0) is 4.74 Å². The van der Waals surface area contributed by atoms with E-state index < -0.39 is 0 Å². The summed E-state index contributed by atoms with van der Waals surface area (Å²) in [6.07, 6.45) is 0. The second kappa shape index (κ2) is 5.23. The number of anilines is 1. The molecule has 94 valence electrons. The van der Waals surface area contributed by atoms with Crippen molar-refractivity contribution in [3.05, 3.63) is 40.1 Å². The minimum atomic E-state index is -0.349. The Labute approximate surface area is 110 Å². The zero-order valence-corrected chi connectivity index (χ0v) is 11.2. The zero-order chi connectivity index (χ0) is 13.1. The van der Waals surface area contributed by atoms with E-state index in [0.29, 0.717) is 17.2 Å². The average molecular weight is 261 g/mol. The normalized spacial score (nSPS) is 10.3. The van der Waals surface area contributed by atoms with Crippen LogP contribution in [0.1, 0.15) is 22.2 Å². The van der Waals surface area contributed by atoms with Gasteiger partial charge in [-0.05, 0) is 19.4 Å². The summed E-state index contributed by atoms with van der Waals surface area (Å²) < 4.78 is 4.97. The topological polar surface area (TPSA) is 52.3 Å². The minimum absolute atomic E-state index is 0.349. The molecular weight excluding hydrogens is 246 g/mol. The molecule has 4 heteroatoms. The number of rotatable bonds is 3. The summed E-state index contributed by atoms with van der Waals surface area (Å²) >= 11 is 1.32. The van der Waals surface area contributed by atoms with Gasteiger partial charge in [0.1, 0.15) is 4.88 Å². The van der Waals surface area contributed by atoms with Crippen LogP contribution in [0.3, 0.4) is 0 Å². The van der Waals surface area contributed by atoms with Crippen molar-refractivity contribution in [1.82, 2.24) is 0 Å². The summed E-state index contributed by atoms with van der Waals surface area (Å²) in [6.45, 7) is 4.17. The predicted molar refractivity (Wildman–Crippen MR) is 74.9 cm³/mol. The highest BCUT2D eigenvalue weighted by atomic mass is 32.1. The van der Waals surface area contributed by atoms with Crippen molar-refractivity contribution in [2.75, 3.05) is 12.3 Å². The van der Waals surface area contributed by atoms with Gasteiger partial charge in [-0.15, -0.1) is 11.3 Å². The number of ether oxygens (including phenoxy) is 1. The first-order valence-corrected chi connectivity index (χ1v) is 6.62. The number of nitrogen functional groups attached to an aromatic ring is 1. The van der Waals surface area contributed by atoms with Crippen LogP contribution < -0.4 is 5.73 Å². The van der Waals surface area contributed by atoms with E-state index in [1.807, 2.05) is 36.6 Å². The molecule has 2 N–H and O–H groups in total. The zero-order valence-electron chi connectivity index (χ0n) is 10.4. The molecule has 0 saturated carbocycles. The molecule has 0 atom stereocenters. The fraction of sp³-hybridized carbons (Fsp3) is 0.214. The van der Waals surface area contributed by atoms with Gasteiger partial charge < -0.3 is 10.5 Å². The van der Waals surface area contributed by atoms with Gasteiger partial charge in [-0.2, -0.15) is 0 Å². The fourth-order valence-electron chi connectivity index (χ4n) is 1.68. The fourth-order valence-corrected chi connectivity index (χ4v) is 2.57. The molecule has 0 amide bonds. The van der Waals surface area contributed by atoms with E-state index >= 15 is 0 Å². The Bertz CT molecular complexity index is 558. The molecule has 2 rings (SSSR count). The standard InChI is InChI=1S/C14H15NO2S/c1-3-17-14(16)13-12(15)11(8-18-13)10-6-4-9(2)5-7-10/h4-8H,3,15H2,1-2H3. The maximum atomic E-state index is 11.7. The third-order valence-electron chi connectivity index (χ3n) is 2.65. The minimum Gasteiger partial charge on any atom is -0.462 e. The number of hydrogen-bond acceptors (Lipinski definition) is 4. The van der Waals surface area contributed by atoms with Crippen LogP contribution in [0.15, 0.2) is 29.6 Å². The highest BCUT2D eigenvalue weighted by molar-refractivity contribution is 7.13. The molecular formula is C14H15NO2S. The largest absolute Gasteiger partial charge is 0.462 e. The molecule has 3 nitrogen and oxygen atoms in total. The van der Waals surface area contributed by atoms with Gasteiger partial charge in [0.05, 0.1) is 12.3 Å². The van der Waals surface area contributed by atoms with E-state index in [4.69, 9.17) is 10.5 Å². The van der Waals surface area contributed by atoms with Gasteiger partial charge in [0.25, 0.3) is 0 Å². The van der Waals surface area contributed by atoms with Crippen LogP contribution in [0.2, 0.25) is 0 Å². The van der Waals surface area contributed by atoms with Gasteiger partial charge in [-0.3, -0.25) is 0 Å². The number of benzene rings is 1. The molecule has 0 bridgehead atoms.